The van der Waals surface area contributed by atoms with Gasteiger partial charge < -0.3 is 30.4 Å². The monoisotopic (exact) mass is 283 g/mol. The molecule has 6 N–H and O–H groups in total. The van der Waals surface area contributed by atoms with Crippen LogP contribution < -0.4 is 10.9 Å². The molecule has 20 heavy (non-hydrogen) atoms. The van der Waals surface area contributed by atoms with E-state index in [1.807, 2.05) is 0 Å². The molecule has 2 aromatic heterocycles. The zero-order valence-corrected chi connectivity index (χ0v) is 10.1. The van der Waals surface area contributed by atoms with Crippen molar-refractivity contribution in [2.45, 2.75) is 24.5 Å². The predicted octanol–water partition coefficient (Wildman–Crippen LogP) is -2.50. The molecule has 0 bridgehead atoms. The third-order valence-corrected chi connectivity index (χ3v) is 3.08. The lowest BCUT2D eigenvalue weighted by Crippen LogP contribution is -2.55. The van der Waals surface area contributed by atoms with E-state index in [0.717, 1.165) is 0 Å². The zero-order valence-electron chi connectivity index (χ0n) is 10.1. The van der Waals surface area contributed by atoms with Gasteiger partial charge in [-0.2, -0.15) is 4.98 Å². The summed E-state index contributed by atoms with van der Waals surface area (Å²) in [5, 5.41) is 31.3. The van der Waals surface area contributed by atoms with Crippen LogP contribution >= 0.6 is 0 Å². The molecule has 1 unspecified atom stereocenters. The summed E-state index contributed by atoms with van der Waals surface area (Å²) in [6.45, 7) is -0.148. The number of hydrogen-bond donors (Lipinski definition) is 6. The van der Waals surface area contributed by atoms with Crippen LogP contribution in [0.15, 0.2) is 11.1 Å². The molecule has 0 radical (unpaired) electrons. The topological polar surface area (TPSA) is 156 Å². The molecule has 3 rings (SSSR count). The minimum absolute atomic E-state index is 0.0437. The largest absolute Gasteiger partial charge is 0.388 e. The van der Waals surface area contributed by atoms with Gasteiger partial charge in [-0.3, -0.25) is 9.78 Å². The molecule has 1 aliphatic rings. The summed E-state index contributed by atoms with van der Waals surface area (Å²) in [6, 6.07) is 0. The Morgan fingerprint density at radius 2 is 2.15 bits per heavy atom. The van der Waals surface area contributed by atoms with Crippen molar-refractivity contribution in [2.75, 3.05) is 11.9 Å². The molecular weight excluding hydrogens is 270 g/mol. The average molecular weight is 283 g/mol. The number of aromatic amines is 2. The molecule has 0 saturated carbocycles. The van der Waals surface area contributed by atoms with Gasteiger partial charge >= 0.3 is 0 Å². The first kappa shape index (κ1) is 13.0. The van der Waals surface area contributed by atoms with Crippen molar-refractivity contribution in [3.05, 3.63) is 16.7 Å². The van der Waals surface area contributed by atoms with E-state index >= 15 is 0 Å². The highest BCUT2D eigenvalue weighted by atomic mass is 16.5. The highest BCUT2D eigenvalue weighted by Gasteiger charge is 2.37. The fourth-order valence-electron chi connectivity index (χ4n) is 1.98. The van der Waals surface area contributed by atoms with E-state index in [9.17, 15) is 20.1 Å². The fourth-order valence-corrected chi connectivity index (χ4v) is 1.98. The van der Waals surface area contributed by atoms with Crippen LogP contribution in [-0.4, -0.2) is 66.4 Å². The summed E-state index contributed by atoms with van der Waals surface area (Å²) in [6.07, 6.45) is -3.54. The first-order chi connectivity index (χ1) is 9.56. The first-order valence-electron chi connectivity index (χ1n) is 5.92. The van der Waals surface area contributed by atoms with Crippen molar-refractivity contribution in [1.29, 1.82) is 0 Å². The van der Waals surface area contributed by atoms with Crippen LogP contribution in [0.1, 0.15) is 0 Å². The Morgan fingerprint density at radius 1 is 1.35 bits per heavy atom. The summed E-state index contributed by atoms with van der Waals surface area (Å²) in [5.41, 5.74) is 0.0131. The van der Waals surface area contributed by atoms with Crippen molar-refractivity contribution >= 4 is 17.1 Å². The van der Waals surface area contributed by atoms with E-state index < -0.39 is 30.1 Å². The summed E-state index contributed by atoms with van der Waals surface area (Å²) in [7, 11) is 0. The highest BCUT2D eigenvalue weighted by molar-refractivity contribution is 5.69. The van der Waals surface area contributed by atoms with Crippen molar-refractivity contribution < 1.29 is 20.1 Å². The molecule has 1 fully saturated rings. The number of rotatable bonds is 2. The maximum Gasteiger partial charge on any atom is 0.278 e. The van der Waals surface area contributed by atoms with Crippen LogP contribution in [0.2, 0.25) is 0 Å². The summed E-state index contributed by atoms with van der Waals surface area (Å²) < 4.78 is 5.15. The number of ether oxygens (including phenoxy) is 1. The molecule has 3 heterocycles. The molecule has 1 aliphatic heterocycles. The first-order valence-corrected chi connectivity index (χ1v) is 5.92. The maximum absolute atomic E-state index is 11.7. The van der Waals surface area contributed by atoms with Crippen LogP contribution in [0.4, 0.5) is 5.95 Å². The molecule has 0 spiro atoms. The van der Waals surface area contributed by atoms with E-state index in [4.69, 9.17) is 4.74 Å². The number of aliphatic hydroxyl groups is 3. The molecule has 4 atom stereocenters. The zero-order chi connectivity index (χ0) is 14.3. The summed E-state index contributed by atoms with van der Waals surface area (Å²) >= 11 is 0. The Labute approximate surface area is 111 Å². The smallest absolute Gasteiger partial charge is 0.278 e. The van der Waals surface area contributed by atoms with Crippen LogP contribution in [-0.2, 0) is 4.74 Å². The number of hydrogen-bond acceptors (Lipinski definition) is 8. The quantitative estimate of drug-likeness (QED) is 0.353. The Morgan fingerprint density at radius 3 is 2.95 bits per heavy atom. The third kappa shape index (κ3) is 2.14. The van der Waals surface area contributed by atoms with E-state index in [0.29, 0.717) is 0 Å². The van der Waals surface area contributed by atoms with E-state index in [1.165, 1.54) is 6.33 Å². The Balaban J connectivity index is 1.84. The van der Waals surface area contributed by atoms with Gasteiger partial charge in [0.05, 0.1) is 12.9 Å². The lowest BCUT2D eigenvalue weighted by atomic mass is 10.0. The Kier molecular flexibility index (Phi) is 3.14. The predicted molar refractivity (Wildman–Crippen MR) is 65.9 cm³/mol. The minimum atomic E-state index is -1.36. The number of fused-ring (bicyclic) bond motifs is 1. The maximum atomic E-state index is 11.7. The second kappa shape index (κ2) is 4.83. The van der Waals surface area contributed by atoms with Crippen molar-refractivity contribution in [1.82, 2.24) is 19.9 Å². The van der Waals surface area contributed by atoms with Crippen molar-refractivity contribution in [2.24, 2.45) is 0 Å². The van der Waals surface area contributed by atoms with E-state index in [1.54, 1.807) is 0 Å². The van der Waals surface area contributed by atoms with Gasteiger partial charge in [0.1, 0.15) is 18.3 Å². The number of aliphatic hydroxyl groups excluding tert-OH is 3. The molecule has 1 saturated heterocycles. The Bertz CT molecular complexity index is 669. The molecule has 10 nitrogen and oxygen atoms in total. The fraction of sp³-hybridized carbons (Fsp3) is 0.500. The summed E-state index contributed by atoms with van der Waals surface area (Å²) in [4.78, 5) is 24.7. The van der Waals surface area contributed by atoms with E-state index in [-0.39, 0.29) is 23.7 Å². The SMILES string of the molecule is O=c1[nH]c(NC2OC[C@@H](O)[C@H](O)[C@@H]2O)nc2nc[nH]c12. The van der Waals surface area contributed by atoms with Gasteiger partial charge in [-0.25, -0.2) is 4.98 Å². The van der Waals surface area contributed by atoms with Crippen LogP contribution in [0, 0.1) is 0 Å². The molecule has 0 amide bonds. The van der Waals surface area contributed by atoms with Crippen molar-refractivity contribution in [3.8, 4) is 0 Å². The van der Waals surface area contributed by atoms with Gasteiger partial charge in [0.2, 0.25) is 5.95 Å². The van der Waals surface area contributed by atoms with Gasteiger partial charge in [-0.15, -0.1) is 0 Å². The highest BCUT2D eigenvalue weighted by Crippen LogP contribution is 2.16. The molecule has 0 aromatic carbocycles. The Hall–Kier alpha value is -2.01. The van der Waals surface area contributed by atoms with Gasteiger partial charge in [0, 0.05) is 0 Å². The normalized spacial score (nSPS) is 30.6. The number of imidazole rings is 1. The average Bonchev–Trinajstić information content (AvgIpc) is 2.88. The lowest BCUT2D eigenvalue weighted by Gasteiger charge is -2.35. The minimum Gasteiger partial charge on any atom is -0.388 e. The molecule has 10 heteroatoms. The van der Waals surface area contributed by atoms with Crippen molar-refractivity contribution in [3.63, 3.8) is 0 Å². The molecule has 2 aromatic rings. The third-order valence-electron chi connectivity index (χ3n) is 3.08. The van der Waals surface area contributed by atoms with Gasteiger partial charge in [-0.05, 0) is 0 Å². The molecule has 108 valence electrons. The van der Waals surface area contributed by atoms with Gasteiger partial charge in [-0.1, -0.05) is 0 Å². The number of aromatic nitrogens is 4. The van der Waals surface area contributed by atoms with Crippen LogP contribution in [0.25, 0.3) is 11.2 Å². The summed E-state index contributed by atoms with van der Waals surface area (Å²) in [5.74, 6) is 0.0437. The second-order valence-electron chi connectivity index (χ2n) is 4.46. The number of anilines is 1. The standard InChI is InChI=1S/C10H13N5O5/c16-3-1-20-9(6(18)5(3)17)15-10-13-7-4(8(19)14-10)11-2-12-7/h2-3,5-6,9,16-18H,1H2,(H3,11,12,13,14,15,19)/t3-,5+,6+,9?/m1/s1. The molecular formula is C10H13N5O5. The lowest BCUT2D eigenvalue weighted by molar-refractivity contribution is -0.178. The van der Waals surface area contributed by atoms with Crippen LogP contribution in [0.3, 0.4) is 0 Å². The van der Waals surface area contributed by atoms with E-state index in [2.05, 4.69) is 25.3 Å². The van der Waals surface area contributed by atoms with Gasteiger partial charge in [0.15, 0.2) is 17.4 Å². The number of nitrogens with one attached hydrogen (secondary N) is 3. The number of H-pyrrole nitrogens is 2. The van der Waals surface area contributed by atoms with Crippen LogP contribution in [0.5, 0.6) is 0 Å². The number of nitrogens with zero attached hydrogens (tertiary/aromatic N) is 2. The van der Waals surface area contributed by atoms with Gasteiger partial charge in [0.25, 0.3) is 5.56 Å². The second-order valence-corrected chi connectivity index (χ2v) is 4.46. The molecule has 0 aliphatic carbocycles.